The Morgan fingerprint density at radius 3 is 3.00 bits per heavy atom. The molecule has 53 valence electrons. The Morgan fingerprint density at radius 1 is 1.70 bits per heavy atom. The molecule has 0 aromatic carbocycles. The van der Waals surface area contributed by atoms with Crippen LogP contribution in [0.4, 0.5) is 0 Å². The number of aliphatic imine (C=N–C) groups is 1. The Hall–Kier alpha value is -0.620. The summed E-state index contributed by atoms with van der Waals surface area (Å²) in [4.78, 5) is 13.9. The van der Waals surface area contributed by atoms with Gasteiger partial charge < -0.3 is 0 Å². The van der Waals surface area contributed by atoms with E-state index in [2.05, 4.69) is 11.4 Å². The van der Waals surface area contributed by atoms with E-state index in [0.29, 0.717) is 0 Å². The predicted molar refractivity (Wildman–Crippen MR) is 37.1 cm³/mol. The zero-order valence-electron chi connectivity index (χ0n) is 5.84. The van der Waals surface area contributed by atoms with Crippen molar-refractivity contribution in [2.75, 3.05) is 0 Å². The number of fused-ring (bicyclic) bond motifs is 2. The van der Waals surface area contributed by atoms with E-state index in [1.807, 2.05) is 0 Å². The first kappa shape index (κ1) is 6.11. The largest absolute Gasteiger partial charge is 0.235 e. The molecule has 2 fully saturated rings. The van der Waals surface area contributed by atoms with Crippen LogP contribution in [0.3, 0.4) is 0 Å². The van der Waals surface area contributed by atoms with Gasteiger partial charge in [-0.05, 0) is 38.0 Å². The van der Waals surface area contributed by atoms with Gasteiger partial charge in [-0.1, -0.05) is 0 Å². The minimum atomic E-state index is -0.0631. The third kappa shape index (κ3) is 0.723. The van der Waals surface area contributed by atoms with Gasteiger partial charge in [-0.2, -0.15) is 4.99 Å². The quantitative estimate of drug-likeness (QED) is 0.396. The van der Waals surface area contributed by atoms with Crippen LogP contribution in [0.1, 0.15) is 25.7 Å². The van der Waals surface area contributed by atoms with E-state index in [4.69, 9.17) is 0 Å². The second-order valence-electron chi connectivity index (χ2n) is 3.36. The molecule has 2 atom stereocenters. The molecule has 10 heavy (non-hydrogen) atoms. The maximum absolute atomic E-state index is 10.0. The first-order valence-electron chi connectivity index (χ1n) is 3.78. The van der Waals surface area contributed by atoms with Gasteiger partial charge in [0.2, 0.25) is 6.08 Å². The van der Waals surface area contributed by atoms with E-state index in [1.54, 1.807) is 6.08 Å². The van der Waals surface area contributed by atoms with Gasteiger partial charge in [-0.15, -0.1) is 0 Å². The SMILES string of the molecule is O=C=NC12[CH]CC(CC1)C2. The number of nitrogens with zero attached hydrogens (tertiary/aromatic N) is 1. The molecule has 0 aromatic rings. The highest BCUT2D eigenvalue weighted by Crippen LogP contribution is 2.49. The highest BCUT2D eigenvalue weighted by Gasteiger charge is 2.45. The molecule has 0 saturated heterocycles. The second kappa shape index (κ2) is 1.93. The second-order valence-corrected chi connectivity index (χ2v) is 3.36. The van der Waals surface area contributed by atoms with Crippen molar-refractivity contribution in [3.05, 3.63) is 6.42 Å². The summed E-state index contributed by atoms with van der Waals surface area (Å²) in [7, 11) is 0. The van der Waals surface area contributed by atoms with Crippen LogP contribution >= 0.6 is 0 Å². The minimum Gasteiger partial charge on any atom is -0.211 e. The fourth-order valence-corrected chi connectivity index (χ4v) is 2.17. The molecule has 0 aromatic heterocycles. The monoisotopic (exact) mass is 136 g/mol. The van der Waals surface area contributed by atoms with Gasteiger partial charge in [0.05, 0.1) is 5.54 Å². The number of carbonyl (C=O) groups excluding carboxylic acids is 1. The maximum Gasteiger partial charge on any atom is 0.235 e. The van der Waals surface area contributed by atoms with Gasteiger partial charge in [0.1, 0.15) is 0 Å². The van der Waals surface area contributed by atoms with Gasteiger partial charge in [0.15, 0.2) is 0 Å². The molecular weight excluding hydrogens is 126 g/mol. The van der Waals surface area contributed by atoms with Gasteiger partial charge in [-0.3, -0.25) is 0 Å². The van der Waals surface area contributed by atoms with E-state index in [-0.39, 0.29) is 5.54 Å². The zero-order chi connectivity index (χ0) is 7.03. The third-order valence-corrected chi connectivity index (χ3v) is 2.73. The summed E-state index contributed by atoms with van der Waals surface area (Å²) in [5, 5.41) is 0. The first-order valence-corrected chi connectivity index (χ1v) is 3.78. The van der Waals surface area contributed by atoms with Gasteiger partial charge in [0.25, 0.3) is 0 Å². The van der Waals surface area contributed by atoms with Gasteiger partial charge >= 0.3 is 0 Å². The van der Waals surface area contributed by atoms with Crippen molar-refractivity contribution in [1.82, 2.24) is 0 Å². The van der Waals surface area contributed by atoms with E-state index < -0.39 is 0 Å². The third-order valence-electron chi connectivity index (χ3n) is 2.73. The molecule has 2 aliphatic rings. The highest BCUT2D eigenvalue weighted by molar-refractivity contribution is 5.37. The standard InChI is InChI=1S/C8H10NO/c10-6-9-8-3-1-7(5-8)2-4-8/h3,7H,1-2,4-5H2. The highest BCUT2D eigenvalue weighted by atomic mass is 16.1. The number of hydrogen-bond acceptors (Lipinski definition) is 2. The van der Waals surface area contributed by atoms with Crippen LogP contribution in [0.25, 0.3) is 0 Å². The molecule has 0 N–H and O–H groups in total. The van der Waals surface area contributed by atoms with E-state index in [9.17, 15) is 4.79 Å². The molecule has 0 spiro atoms. The minimum absolute atomic E-state index is 0.0631. The van der Waals surface area contributed by atoms with Gasteiger partial charge in [0, 0.05) is 0 Å². The topological polar surface area (TPSA) is 29.4 Å². The van der Waals surface area contributed by atoms with Crippen LogP contribution in [0.2, 0.25) is 0 Å². The average molecular weight is 136 g/mol. The maximum atomic E-state index is 10.0. The van der Waals surface area contributed by atoms with Crippen LogP contribution in [0.15, 0.2) is 4.99 Å². The van der Waals surface area contributed by atoms with Crippen LogP contribution in [0.5, 0.6) is 0 Å². The molecule has 1 radical (unpaired) electrons. The number of isocyanates is 1. The summed E-state index contributed by atoms with van der Waals surface area (Å²) >= 11 is 0. The predicted octanol–water partition coefficient (Wildman–Crippen LogP) is 1.47. The number of hydrogen-bond donors (Lipinski definition) is 0. The van der Waals surface area contributed by atoms with Crippen LogP contribution in [0, 0.1) is 12.3 Å². The van der Waals surface area contributed by atoms with Crippen molar-refractivity contribution in [3.8, 4) is 0 Å². The normalized spacial score (nSPS) is 43.4. The Labute approximate surface area is 60.3 Å². The summed E-state index contributed by atoms with van der Waals surface area (Å²) in [6.45, 7) is 0. The molecule has 2 unspecified atom stereocenters. The summed E-state index contributed by atoms with van der Waals surface area (Å²) in [6.07, 6.45) is 8.44. The van der Waals surface area contributed by atoms with Crippen LogP contribution in [-0.4, -0.2) is 11.6 Å². The molecule has 2 rings (SSSR count). The fraction of sp³-hybridized carbons (Fsp3) is 0.750. The molecule has 2 saturated carbocycles. The summed E-state index contributed by atoms with van der Waals surface area (Å²) in [6, 6.07) is 0. The zero-order valence-corrected chi connectivity index (χ0v) is 5.84. The molecule has 0 aliphatic heterocycles. The molecular formula is C8H10NO. The van der Waals surface area contributed by atoms with E-state index in [1.165, 1.54) is 6.42 Å². The van der Waals surface area contributed by atoms with Crippen LogP contribution in [-0.2, 0) is 4.79 Å². The van der Waals surface area contributed by atoms with Crippen molar-refractivity contribution in [2.45, 2.75) is 31.2 Å². The Bertz CT molecular complexity index is 185. The summed E-state index contributed by atoms with van der Waals surface area (Å²) in [5.41, 5.74) is -0.0631. The molecule has 2 aliphatic carbocycles. The Kier molecular flexibility index (Phi) is 1.18. The summed E-state index contributed by atoms with van der Waals surface area (Å²) in [5.74, 6) is 0.817. The van der Waals surface area contributed by atoms with E-state index in [0.717, 1.165) is 25.2 Å². The van der Waals surface area contributed by atoms with Crippen molar-refractivity contribution in [3.63, 3.8) is 0 Å². The molecule has 2 bridgehead atoms. The average Bonchev–Trinajstić information content (AvgIpc) is 2.46. The lowest BCUT2D eigenvalue weighted by Gasteiger charge is -2.17. The molecule has 2 heteroatoms. The number of rotatable bonds is 1. The lowest BCUT2D eigenvalue weighted by Crippen LogP contribution is -2.19. The summed E-state index contributed by atoms with van der Waals surface area (Å²) < 4.78 is 0. The van der Waals surface area contributed by atoms with Crippen molar-refractivity contribution < 1.29 is 4.79 Å². The van der Waals surface area contributed by atoms with Crippen molar-refractivity contribution in [2.24, 2.45) is 10.9 Å². The smallest absolute Gasteiger partial charge is 0.211 e. The molecule has 0 heterocycles. The lowest BCUT2D eigenvalue weighted by atomic mass is 9.95. The fourth-order valence-electron chi connectivity index (χ4n) is 2.17. The van der Waals surface area contributed by atoms with E-state index >= 15 is 0 Å². The molecule has 0 amide bonds. The van der Waals surface area contributed by atoms with Gasteiger partial charge in [-0.25, -0.2) is 4.79 Å². The first-order chi connectivity index (χ1) is 4.85. The molecule has 2 nitrogen and oxygen atoms in total. The Morgan fingerprint density at radius 2 is 2.60 bits per heavy atom. The lowest BCUT2D eigenvalue weighted by molar-refractivity contribution is 0.501. The van der Waals surface area contributed by atoms with Crippen LogP contribution < -0.4 is 0 Å². The van der Waals surface area contributed by atoms with Crippen molar-refractivity contribution in [1.29, 1.82) is 0 Å². The van der Waals surface area contributed by atoms with Crippen molar-refractivity contribution >= 4 is 6.08 Å². The Balaban J connectivity index is 2.22.